The van der Waals surface area contributed by atoms with Gasteiger partial charge in [-0.1, -0.05) is 59.0 Å². The summed E-state index contributed by atoms with van der Waals surface area (Å²) in [5.74, 6) is 0. The van der Waals surface area contributed by atoms with E-state index in [2.05, 4.69) is 38.1 Å². The van der Waals surface area contributed by atoms with E-state index in [1.165, 1.54) is 37.7 Å². The van der Waals surface area contributed by atoms with Crippen molar-refractivity contribution >= 4 is 13.9 Å². The average molecular weight is 220 g/mol. The third-order valence-corrected chi connectivity index (χ3v) is 5.47. The fourth-order valence-electron chi connectivity index (χ4n) is 2.50. The third-order valence-electron chi connectivity index (χ3n) is 3.54. The molecule has 0 radical (unpaired) electrons. The molecule has 0 nitrogen and oxygen atoms in total. The molecule has 1 heteroatoms. The smallest absolute Gasteiger partial charge is 0.0110 e. The topological polar surface area (TPSA) is 0 Å². The normalized spacial score (nSPS) is 20.9. The lowest BCUT2D eigenvalue weighted by molar-refractivity contribution is 0.419. The van der Waals surface area contributed by atoms with Gasteiger partial charge in [-0.2, -0.15) is 0 Å². The van der Waals surface area contributed by atoms with Crippen LogP contribution in [0.5, 0.6) is 0 Å². The Balaban J connectivity index is 2.10. The highest BCUT2D eigenvalue weighted by molar-refractivity contribution is 7.49. The van der Waals surface area contributed by atoms with Gasteiger partial charge in [0.05, 0.1) is 0 Å². The van der Waals surface area contributed by atoms with Gasteiger partial charge in [-0.25, -0.2) is 0 Å². The number of aryl methyl sites for hydroxylation is 1. The van der Waals surface area contributed by atoms with E-state index in [0.29, 0.717) is 5.16 Å². The molecule has 82 valence electrons. The van der Waals surface area contributed by atoms with Crippen LogP contribution in [0.1, 0.15) is 44.6 Å². The summed E-state index contributed by atoms with van der Waals surface area (Å²) >= 11 is 0. The van der Waals surface area contributed by atoms with Gasteiger partial charge in [-0.3, -0.25) is 0 Å². The van der Waals surface area contributed by atoms with Gasteiger partial charge >= 0.3 is 0 Å². The quantitative estimate of drug-likeness (QED) is 0.660. The molecule has 0 amide bonds. The van der Waals surface area contributed by atoms with Crippen LogP contribution in [0.3, 0.4) is 0 Å². The van der Waals surface area contributed by atoms with E-state index in [4.69, 9.17) is 0 Å². The molecule has 15 heavy (non-hydrogen) atoms. The minimum Gasteiger partial charge on any atom is -0.0840 e. The van der Waals surface area contributed by atoms with Crippen LogP contribution >= 0.6 is 8.58 Å². The largest absolute Gasteiger partial charge is 0.0840 e. The third kappa shape index (κ3) is 2.82. The molecule has 1 aromatic carbocycles. The highest BCUT2D eigenvalue weighted by Crippen LogP contribution is 2.43. The first-order chi connectivity index (χ1) is 7.20. The summed E-state index contributed by atoms with van der Waals surface area (Å²) in [7, 11) is 1.01. The first kappa shape index (κ1) is 11.1. The average Bonchev–Trinajstić information content (AvgIpc) is 2.22. The van der Waals surface area contributed by atoms with Crippen molar-refractivity contribution in [2.24, 2.45) is 0 Å². The Labute approximate surface area is 95.3 Å². The zero-order chi connectivity index (χ0) is 10.7. The summed E-state index contributed by atoms with van der Waals surface area (Å²) in [5, 5.41) is 2.19. The summed E-state index contributed by atoms with van der Waals surface area (Å²) in [4.78, 5) is 0. The number of hydrogen-bond acceptors (Lipinski definition) is 0. The van der Waals surface area contributed by atoms with E-state index >= 15 is 0 Å². The van der Waals surface area contributed by atoms with Crippen LogP contribution in [-0.2, 0) is 0 Å². The van der Waals surface area contributed by atoms with Gasteiger partial charge in [0.15, 0.2) is 0 Å². The molecule has 1 aliphatic carbocycles. The van der Waals surface area contributed by atoms with Crippen molar-refractivity contribution in [1.82, 2.24) is 0 Å². The van der Waals surface area contributed by atoms with Crippen LogP contribution in [0.4, 0.5) is 0 Å². The molecular weight excluding hydrogens is 199 g/mol. The van der Waals surface area contributed by atoms with Gasteiger partial charge in [0.25, 0.3) is 0 Å². The van der Waals surface area contributed by atoms with Crippen LogP contribution < -0.4 is 5.30 Å². The van der Waals surface area contributed by atoms with E-state index in [9.17, 15) is 0 Å². The highest BCUT2D eigenvalue weighted by Gasteiger charge is 2.27. The molecule has 1 aliphatic rings. The fraction of sp³-hybridized carbons (Fsp3) is 0.571. The maximum atomic E-state index is 2.48. The van der Waals surface area contributed by atoms with Crippen LogP contribution in [0.2, 0.25) is 0 Å². The second-order valence-electron chi connectivity index (χ2n) is 5.06. The fourth-order valence-corrected chi connectivity index (χ4v) is 4.21. The van der Waals surface area contributed by atoms with Crippen LogP contribution in [0, 0.1) is 6.92 Å². The van der Waals surface area contributed by atoms with E-state index in [0.717, 1.165) is 8.58 Å². The molecule has 1 fully saturated rings. The highest BCUT2D eigenvalue weighted by atomic mass is 31.1. The van der Waals surface area contributed by atoms with Crippen molar-refractivity contribution in [3.63, 3.8) is 0 Å². The van der Waals surface area contributed by atoms with Gasteiger partial charge < -0.3 is 0 Å². The minimum atomic E-state index is 0.602. The van der Waals surface area contributed by atoms with Crippen molar-refractivity contribution in [3.05, 3.63) is 29.8 Å². The molecule has 0 saturated heterocycles. The van der Waals surface area contributed by atoms with Crippen molar-refractivity contribution in [3.8, 4) is 0 Å². The lowest BCUT2D eigenvalue weighted by atomic mass is 9.90. The van der Waals surface area contributed by atoms with E-state index < -0.39 is 0 Å². The zero-order valence-electron chi connectivity index (χ0n) is 9.84. The second-order valence-corrected chi connectivity index (χ2v) is 7.06. The number of rotatable bonds is 2. The molecule has 0 spiro atoms. The van der Waals surface area contributed by atoms with Crippen LogP contribution in [0.25, 0.3) is 0 Å². The summed E-state index contributed by atoms with van der Waals surface area (Å²) in [6, 6.07) is 8.89. The van der Waals surface area contributed by atoms with Gasteiger partial charge in [0.1, 0.15) is 0 Å². The van der Waals surface area contributed by atoms with E-state index in [-0.39, 0.29) is 0 Å². The molecule has 0 N–H and O–H groups in total. The molecule has 0 bridgehead atoms. The predicted molar refractivity (Wildman–Crippen MR) is 70.6 cm³/mol. The molecule has 0 aromatic heterocycles. The second kappa shape index (κ2) is 4.66. The molecule has 1 unspecified atom stereocenters. The molecule has 1 saturated carbocycles. The van der Waals surface area contributed by atoms with Crippen molar-refractivity contribution < 1.29 is 0 Å². The van der Waals surface area contributed by atoms with Crippen molar-refractivity contribution in [2.45, 2.75) is 51.1 Å². The van der Waals surface area contributed by atoms with E-state index in [1.807, 2.05) is 0 Å². The van der Waals surface area contributed by atoms with Crippen LogP contribution in [-0.4, -0.2) is 5.16 Å². The van der Waals surface area contributed by atoms with Crippen molar-refractivity contribution in [2.75, 3.05) is 0 Å². The van der Waals surface area contributed by atoms with Gasteiger partial charge in [0, 0.05) is 0 Å². The summed E-state index contributed by atoms with van der Waals surface area (Å²) in [6.07, 6.45) is 7.19. The first-order valence-electron chi connectivity index (χ1n) is 6.03. The minimum absolute atomic E-state index is 0.602. The summed E-state index contributed by atoms with van der Waals surface area (Å²) in [5.41, 5.74) is 1.47. The number of hydrogen-bond donors (Lipinski definition) is 0. The summed E-state index contributed by atoms with van der Waals surface area (Å²) in [6.45, 7) is 4.73. The molecule has 2 rings (SSSR count). The molecular formula is C14H21P. The standard InChI is InChI=1S/C14H21P/c1-12-8-4-5-9-13(12)15-14(2)10-6-3-7-11-14/h4-5,8-9,15H,3,6-7,10-11H2,1-2H3. The van der Waals surface area contributed by atoms with Gasteiger partial charge in [-0.05, 0) is 35.8 Å². The Kier molecular flexibility index (Phi) is 3.46. The lowest BCUT2D eigenvalue weighted by Gasteiger charge is -2.34. The molecule has 1 aromatic rings. The molecule has 1 atom stereocenters. The van der Waals surface area contributed by atoms with Crippen molar-refractivity contribution in [1.29, 1.82) is 0 Å². The summed E-state index contributed by atoms with van der Waals surface area (Å²) < 4.78 is 0. The van der Waals surface area contributed by atoms with Gasteiger partial charge in [-0.15, -0.1) is 0 Å². The Morgan fingerprint density at radius 1 is 1.07 bits per heavy atom. The van der Waals surface area contributed by atoms with Crippen LogP contribution in [0.15, 0.2) is 24.3 Å². The maximum Gasteiger partial charge on any atom is -0.0110 e. The van der Waals surface area contributed by atoms with Gasteiger partial charge in [0.2, 0.25) is 0 Å². The monoisotopic (exact) mass is 220 g/mol. The first-order valence-corrected chi connectivity index (χ1v) is 7.03. The maximum absolute atomic E-state index is 2.48. The Hall–Kier alpha value is -0.350. The lowest BCUT2D eigenvalue weighted by Crippen LogP contribution is -2.25. The predicted octanol–water partition coefficient (Wildman–Crippen LogP) is 4.02. The Morgan fingerprint density at radius 2 is 1.73 bits per heavy atom. The zero-order valence-corrected chi connectivity index (χ0v) is 10.8. The number of benzene rings is 1. The Morgan fingerprint density at radius 3 is 2.40 bits per heavy atom. The SMILES string of the molecule is Cc1ccccc1PC1(C)CCCCC1. The molecule has 0 heterocycles. The van der Waals surface area contributed by atoms with E-state index in [1.54, 1.807) is 5.30 Å². The Bertz CT molecular complexity index is 324. The molecule has 0 aliphatic heterocycles.